The average molecular weight is 473 g/mol. The number of Topliss-reactive ketones (excluding diaryl/α,β-unsaturated/α-hetero) is 1. The van der Waals surface area contributed by atoms with Crippen molar-refractivity contribution in [2.75, 3.05) is 6.61 Å². The average Bonchev–Trinajstić information content (AvgIpc) is 3.14. The minimum Gasteiger partial charge on any atom is -0.396 e. The first-order valence-electron chi connectivity index (χ1n) is 13.8. The van der Waals surface area contributed by atoms with Gasteiger partial charge < -0.3 is 14.9 Å². The molecule has 4 heteroatoms. The quantitative estimate of drug-likeness (QED) is 0.506. The van der Waals surface area contributed by atoms with E-state index in [1.165, 1.54) is 0 Å². The first-order valence-corrected chi connectivity index (χ1v) is 13.8. The number of hydrogen-bond acceptors (Lipinski definition) is 4. The van der Waals surface area contributed by atoms with Crippen LogP contribution in [0.2, 0.25) is 0 Å². The van der Waals surface area contributed by atoms with Crippen molar-refractivity contribution >= 4 is 5.78 Å². The highest BCUT2D eigenvalue weighted by molar-refractivity contribution is 5.87. The van der Waals surface area contributed by atoms with Gasteiger partial charge in [0.1, 0.15) is 5.78 Å². The molecule has 0 aromatic heterocycles. The van der Waals surface area contributed by atoms with Crippen LogP contribution >= 0.6 is 0 Å². The van der Waals surface area contributed by atoms with Crippen molar-refractivity contribution in [1.29, 1.82) is 0 Å². The maximum atomic E-state index is 13.9. The van der Waals surface area contributed by atoms with E-state index < -0.39 is 5.60 Å². The summed E-state index contributed by atoms with van der Waals surface area (Å²) in [5.41, 5.74) is -0.226. The monoisotopic (exact) mass is 472 g/mol. The molecule has 0 aromatic carbocycles. The summed E-state index contributed by atoms with van der Waals surface area (Å²) in [5.74, 6) is 1.19. The second-order valence-electron chi connectivity index (χ2n) is 14.7. The molecule has 4 fully saturated rings. The number of aliphatic hydroxyl groups is 2. The predicted molar refractivity (Wildman–Crippen MR) is 134 cm³/mol. The van der Waals surface area contributed by atoms with Gasteiger partial charge in [0.2, 0.25) is 0 Å². The fourth-order valence-electron chi connectivity index (χ4n) is 11.0. The molecule has 0 saturated heterocycles. The maximum Gasteiger partial charge on any atom is 0.140 e. The van der Waals surface area contributed by atoms with Crippen LogP contribution in [-0.2, 0) is 9.53 Å². The summed E-state index contributed by atoms with van der Waals surface area (Å²) in [6.07, 6.45) is 8.51. The van der Waals surface area contributed by atoms with E-state index in [1.807, 2.05) is 0 Å². The number of fused-ring (bicyclic) bond motifs is 5. The Morgan fingerprint density at radius 3 is 2.24 bits per heavy atom. The molecule has 0 amide bonds. The van der Waals surface area contributed by atoms with E-state index in [1.54, 1.807) is 0 Å². The SMILES string of the molecule is CC1=CC(C)(C)OC1(C)C1C(=O)CC2(CO)C1CCC1C3(C)CCC(O)C(C)(C)C3CCC12C. The molecule has 4 nitrogen and oxygen atoms in total. The standard InChI is InChI=1S/C30H48O4/c1-18-15-25(2,3)34-29(18,8)24-19-9-10-22-27(6)13-12-23(33)26(4,5)21(27)11-14-28(22,7)30(19,17-31)16-20(24)32/h15,19,21-24,31,33H,9-14,16-17H2,1-8H3. The van der Waals surface area contributed by atoms with Gasteiger partial charge in [0.25, 0.3) is 0 Å². The summed E-state index contributed by atoms with van der Waals surface area (Å²) in [7, 11) is 0. The molecular weight excluding hydrogens is 424 g/mol. The van der Waals surface area contributed by atoms with Gasteiger partial charge >= 0.3 is 0 Å². The van der Waals surface area contributed by atoms with Gasteiger partial charge in [-0.1, -0.05) is 33.8 Å². The molecule has 5 rings (SSSR count). The zero-order chi connectivity index (χ0) is 25.1. The van der Waals surface area contributed by atoms with Crippen LogP contribution in [0.1, 0.15) is 100 Å². The fourth-order valence-corrected chi connectivity index (χ4v) is 11.0. The van der Waals surface area contributed by atoms with Crippen LogP contribution in [0.3, 0.4) is 0 Å². The van der Waals surface area contributed by atoms with Gasteiger partial charge in [-0.25, -0.2) is 0 Å². The van der Waals surface area contributed by atoms with E-state index in [2.05, 4.69) is 61.5 Å². The maximum absolute atomic E-state index is 13.9. The number of aliphatic hydroxyl groups excluding tert-OH is 2. The van der Waals surface area contributed by atoms with Gasteiger partial charge in [0.15, 0.2) is 0 Å². The summed E-state index contributed by atoms with van der Waals surface area (Å²) in [6.45, 7) is 17.9. The van der Waals surface area contributed by atoms with Crippen molar-refractivity contribution in [3.05, 3.63) is 11.6 Å². The van der Waals surface area contributed by atoms with Crippen LogP contribution < -0.4 is 0 Å². The van der Waals surface area contributed by atoms with E-state index in [-0.39, 0.29) is 51.8 Å². The molecular formula is C30H48O4. The first kappa shape index (κ1) is 25.0. The van der Waals surface area contributed by atoms with E-state index in [0.717, 1.165) is 44.1 Å². The Kier molecular flexibility index (Phi) is 5.28. The van der Waals surface area contributed by atoms with E-state index in [9.17, 15) is 15.0 Å². The summed E-state index contributed by atoms with van der Waals surface area (Å²) >= 11 is 0. The Bertz CT molecular complexity index is 919. The Hall–Kier alpha value is -0.710. The number of ketones is 1. The normalized spacial score (nSPS) is 53.6. The Labute approximate surface area is 206 Å². The van der Waals surface area contributed by atoms with Crippen LogP contribution in [0.4, 0.5) is 0 Å². The number of carbonyl (C=O) groups is 1. The molecule has 34 heavy (non-hydrogen) atoms. The van der Waals surface area contributed by atoms with Crippen molar-refractivity contribution in [3.63, 3.8) is 0 Å². The molecule has 9 atom stereocenters. The molecule has 5 aliphatic rings. The molecule has 9 unspecified atom stereocenters. The number of rotatable bonds is 2. The molecule has 1 aliphatic heterocycles. The lowest BCUT2D eigenvalue weighted by molar-refractivity contribution is -0.237. The van der Waals surface area contributed by atoms with Crippen molar-refractivity contribution in [2.24, 2.45) is 45.3 Å². The van der Waals surface area contributed by atoms with Crippen LogP contribution in [0.15, 0.2) is 11.6 Å². The van der Waals surface area contributed by atoms with E-state index in [4.69, 9.17) is 4.74 Å². The molecule has 4 aliphatic carbocycles. The Balaban J connectivity index is 1.57. The molecule has 0 aromatic rings. The molecule has 0 spiro atoms. The number of ether oxygens (including phenoxy) is 1. The smallest absolute Gasteiger partial charge is 0.140 e. The lowest BCUT2D eigenvalue weighted by atomic mass is 9.35. The summed E-state index contributed by atoms with van der Waals surface area (Å²) in [6, 6.07) is 0. The first-order chi connectivity index (χ1) is 15.6. The molecule has 0 radical (unpaired) electrons. The topological polar surface area (TPSA) is 66.8 Å². The third-order valence-electron chi connectivity index (χ3n) is 12.6. The molecule has 4 saturated carbocycles. The van der Waals surface area contributed by atoms with Gasteiger partial charge in [0.05, 0.1) is 23.2 Å². The largest absolute Gasteiger partial charge is 0.396 e. The zero-order valence-corrected chi connectivity index (χ0v) is 22.8. The number of carbonyl (C=O) groups excluding carboxylic acids is 1. The number of hydrogen-bond donors (Lipinski definition) is 2. The fraction of sp³-hybridized carbons (Fsp3) is 0.900. The van der Waals surface area contributed by atoms with Crippen molar-refractivity contribution in [1.82, 2.24) is 0 Å². The summed E-state index contributed by atoms with van der Waals surface area (Å²) in [4.78, 5) is 13.9. The van der Waals surface area contributed by atoms with Gasteiger partial charge in [-0.05, 0) is 106 Å². The predicted octanol–water partition coefficient (Wildman–Crippen LogP) is 5.70. The highest BCUT2D eigenvalue weighted by Gasteiger charge is 2.73. The molecule has 192 valence electrons. The van der Waals surface area contributed by atoms with Gasteiger partial charge in [0, 0.05) is 18.4 Å². The third kappa shape index (κ3) is 2.85. The van der Waals surface area contributed by atoms with E-state index in [0.29, 0.717) is 24.0 Å². The van der Waals surface area contributed by atoms with Gasteiger partial charge in [-0.15, -0.1) is 0 Å². The van der Waals surface area contributed by atoms with Crippen LogP contribution in [0.5, 0.6) is 0 Å². The van der Waals surface area contributed by atoms with Crippen molar-refractivity contribution in [3.8, 4) is 0 Å². The molecule has 2 N–H and O–H groups in total. The van der Waals surface area contributed by atoms with Gasteiger partial charge in [-0.3, -0.25) is 4.79 Å². The van der Waals surface area contributed by atoms with Crippen LogP contribution in [-0.4, -0.2) is 39.9 Å². The van der Waals surface area contributed by atoms with Crippen LogP contribution in [0, 0.1) is 45.3 Å². The lowest BCUT2D eigenvalue weighted by Crippen LogP contribution is -2.65. The highest BCUT2D eigenvalue weighted by Crippen LogP contribution is 2.75. The third-order valence-corrected chi connectivity index (χ3v) is 12.6. The lowest BCUT2D eigenvalue weighted by Gasteiger charge is -2.70. The highest BCUT2D eigenvalue weighted by atomic mass is 16.5. The minimum absolute atomic E-state index is 0.0825. The Morgan fingerprint density at radius 1 is 0.971 bits per heavy atom. The zero-order valence-electron chi connectivity index (χ0n) is 22.8. The molecule has 1 heterocycles. The molecule has 0 bridgehead atoms. The Morgan fingerprint density at radius 2 is 1.65 bits per heavy atom. The minimum atomic E-state index is -0.594. The van der Waals surface area contributed by atoms with Crippen molar-refractivity contribution < 1.29 is 19.7 Å². The van der Waals surface area contributed by atoms with Gasteiger partial charge in [-0.2, -0.15) is 0 Å². The second kappa shape index (κ2) is 7.19. The summed E-state index contributed by atoms with van der Waals surface area (Å²) in [5, 5.41) is 22.0. The second-order valence-corrected chi connectivity index (χ2v) is 14.7. The van der Waals surface area contributed by atoms with Crippen molar-refractivity contribution in [2.45, 2.75) is 118 Å². The summed E-state index contributed by atoms with van der Waals surface area (Å²) < 4.78 is 6.63. The van der Waals surface area contributed by atoms with E-state index >= 15 is 0 Å². The van der Waals surface area contributed by atoms with Crippen LogP contribution in [0.25, 0.3) is 0 Å².